The molecule has 1 N–H and O–H groups in total. The Hall–Kier alpha value is -1.30. The van der Waals surface area contributed by atoms with E-state index in [9.17, 15) is 13.2 Å². The molecule has 1 unspecified atom stereocenters. The highest BCUT2D eigenvalue weighted by Gasteiger charge is 2.35. The minimum Gasteiger partial charge on any atom is -0.481 e. The summed E-state index contributed by atoms with van der Waals surface area (Å²) in [5.74, 6) is -0.846. The van der Waals surface area contributed by atoms with Crippen molar-refractivity contribution in [2.45, 2.75) is 19.0 Å². The zero-order valence-corrected chi connectivity index (χ0v) is 8.88. The van der Waals surface area contributed by atoms with Crippen LogP contribution in [0.2, 0.25) is 0 Å². The number of halogens is 3. The molecule has 0 aliphatic heterocycles. The van der Waals surface area contributed by atoms with Crippen LogP contribution in [0.5, 0.6) is 5.88 Å². The van der Waals surface area contributed by atoms with Crippen molar-refractivity contribution in [1.82, 2.24) is 4.98 Å². The first kappa shape index (κ1) is 12.8. The molecule has 0 spiro atoms. The second-order valence-electron chi connectivity index (χ2n) is 3.41. The molecule has 6 heteroatoms. The van der Waals surface area contributed by atoms with Gasteiger partial charge >= 0.3 is 6.18 Å². The fourth-order valence-corrected chi connectivity index (χ4v) is 1.21. The van der Waals surface area contributed by atoms with Crippen molar-refractivity contribution in [3.05, 3.63) is 23.4 Å². The van der Waals surface area contributed by atoms with Gasteiger partial charge in [0, 0.05) is 18.7 Å². The van der Waals surface area contributed by atoms with Crippen molar-refractivity contribution < 1.29 is 23.0 Å². The van der Waals surface area contributed by atoms with E-state index >= 15 is 0 Å². The molecule has 0 fully saturated rings. The summed E-state index contributed by atoms with van der Waals surface area (Å²) in [4.78, 5) is 3.58. The first-order chi connectivity index (χ1) is 7.40. The number of pyridine rings is 1. The molecule has 16 heavy (non-hydrogen) atoms. The van der Waals surface area contributed by atoms with Crippen LogP contribution in [0, 0.1) is 0 Å². The van der Waals surface area contributed by atoms with E-state index in [0.717, 1.165) is 13.2 Å². The number of hydrogen-bond donors (Lipinski definition) is 1. The average Bonchev–Trinajstić information content (AvgIpc) is 2.26. The number of aliphatic hydroxyl groups excluding tert-OH is 1. The van der Waals surface area contributed by atoms with Crippen LogP contribution >= 0.6 is 0 Å². The number of ether oxygens (including phenoxy) is 1. The fourth-order valence-electron chi connectivity index (χ4n) is 1.21. The molecule has 3 nitrogen and oxygen atoms in total. The summed E-state index contributed by atoms with van der Waals surface area (Å²) < 4.78 is 42.3. The number of nitrogens with zero attached hydrogens (tertiary/aromatic N) is 1. The second-order valence-corrected chi connectivity index (χ2v) is 3.41. The van der Waals surface area contributed by atoms with E-state index in [-0.39, 0.29) is 12.5 Å². The summed E-state index contributed by atoms with van der Waals surface area (Å²) in [6, 6.07) is 0.951. The molecule has 0 saturated heterocycles. The molecule has 0 bridgehead atoms. The number of hydrogen-bond acceptors (Lipinski definition) is 3. The number of methoxy groups -OCH3 is 1. The van der Waals surface area contributed by atoms with Gasteiger partial charge in [-0.25, -0.2) is 4.98 Å². The van der Waals surface area contributed by atoms with E-state index in [4.69, 9.17) is 5.11 Å². The smallest absolute Gasteiger partial charge is 0.421 e. The van der Waals surface area contributed by atoms with Crippen molar-refractivity contribution in [2.75, 3.05) is 13.7 Å². The lowest BCUT2D eigenvalue weighted by Crippen LogP contribution is -2.11. The Balaban J connectivity index is 3.22. The lowest BCUT2D eigenvalue weighted by atomic mass is 10.0. The molecule has 1 aromatic rings. The van der Waals surface area contributed by atoms with E-state index < -0.39 is 17.6 Å². The topological polar surface area (TPSA) is 42.4 Å². The van der Waals surface area contributed by atoms with Crippen LogP contribution in [-0.4, -0.2) is 23.8 Å². The van der Waals surface area contributed by atoms with E-state index in [0.29, 0.717) is 5.56 Å². The van der Waals surface area contributed by atoms with Crippen molar-refractivity contribution in [3.8, 4) is 5.88 Å². The predicted molar refractivity (Wildman–Crippen MR) is 51.3 cm³/mol. The number of aliphatic hydroxyl groups is 1. The van der Waals surface area contributed by atoms with E-state index in [1.165, 1.54) is 6.20 Å². The Labute approximate surface area is 90.9 Å². The van der Waals surface area contributed by atoms with Gasteiger partial charge in [-0.15, -0.1) is 0 Å². The van der Waals surface area contributed by atoms with Crippen LogP contribution in [-0.2, 0) is 6.18 Å². The standard InChI is InChI=1S/C10H12F3NO2/c1-6(5-15)7-3-8(10(11,12)13)9(16-2)14-4-7/h3-4,6,15H,5H2,1-2H3. The van der Waals surface area contributed by atoms with Gasteiger partial charge < -0.3 is 9.84 Å². The quantitative estimate of drug-likeness (QED) is 0.873. The summed E-state index contributed by atoms with van der Waals surface area (Å²) in [5, 5.41) is 8.87. The molecule has 90 valence electrons. The van der Waals surface area contributed by atoms with Crippen molar-refractivity contribution >= 4 is 0 Å². The minimum absolute atomic E-state index is 0.231. The van der Waals surface area contributed by atoms with Crippen LogP contribution < -0.4 is 4.74 Å². The minimum atomic E-state index is -4.51. The molecular formula is C10H12F3NO2. The van der Waals surface area contributed by atoms with Crippen LogP contribution in [0.4, 0.5) is 13.2 Å². The van der Waals surface area contributed by atoms with Gasteiger partial charge in [0.25, 0.3) is 0 Å². The second kappa shape index (κ2) is 4.69. The van der Waals surface area contributed by atoms with Gasteiger partial charge in [-0.2, -0.15) is 13.2 Å². The summed E-state index contributed by atoms with van der Waals surface area (Å²) in [7, 11) is 1.13. The van der Waals surface area contributed by atoms with Gasteiger partial charge in [-0.3, -0.25) is 0 Å². The van der Waals surface area contributed by atoms with Gasteiger partial charge in [-0.1, -0.05) is 6.92 Å². The van der Waals surface area contributed by atoms with Gasteiger partial charge in [0.2, 0.25) is 5.88 Å². The van der Waals surface area contributed by atoms with Crippen molar-refractivity contribution in [2.24, 2.45) is 0 Å². The summed E-state index contributed by atoms with van der Waals surface area (Å²) >= 11 is 0. The van der Waals surface area contributed by atoms with Crippen LogP contribution in [0.3, 0.4) is 0 Å². The highest BCUT2D eigenvalue weighted by molar-refractivity contribution is 5.33. The Morgan fingerprint density at radius 2 is 2.12 bits per heavy atom. The van der Waals surface area contributed by atoms with E-state index in [1.807, 2.05) is 0 Å². The number of rotatable bonds is 3. The summed E-state index contributed by atoms with van der Waals surface area (Å²) in [6.45, 7) is 1.38. The van der Waals surface area contributed by atoms with Crippen LogP contribution in [0.1, 0.15) is 24.0 Å². The molecule has 0 amide bonds. The molecule has 0 aromatic carbocycles. The fraction of sp³-hybridized carbons (Fsp3) is 0.500. The van der Waals surface area contributed by atoms with Gasteiger partial charge in [0.05, 0.1) is 7.11 Å². The molecule has 0 saturated carbocycles. The number of alkyl halides is 3. The molecule has 1 rings (SSSR count). The van der Waals surface area contributed by atoms with Gasteiger partial charge in [0.15, 0.2) is 0 Å². The predicted octanol–water partition coefficient (Wildman–Crippen LogP) is 2.20. The molecule has 0 aliphatic carbocycles. The van der Waals surface area contributed by atoms with Crippen LogP contribution in [0.25, 0.3) is 0 Å². The lowest BCUT2D eigenvalue weighted by Gasteiger charge is -2.14. The molecule has 0 radical (unpaired) electrons. The summed E-state index contributed by atoms with van der Waals surface area (Å²) in [5.41, 5.74) is -0.594. The Morgan fingerprint density at radius 3 is 2.56 bits per heavy atom. The molecular weight excluding hydrogens is 223 g/mol. The Kier molecular flexibility index (Phi) is 3.74. The zero-order valence-electron chi connectivity index (χ0n) is 8.88. The van der Waals surface area contributed by atoms with Crippen molar-refractivity contribution in [1.29, 1.82) is 0 Å². The number of aromatic nitrogens is 1. The SMILES string of the molecule is COc1ncc(C(C)CO)cc1C(F)(F)F. The highest BCUT2D eigenvalue weighted by Crippen LogP contribution is 2.36. The third-order valence-electron chi connectivity index (χ3n) is 2.21. The van der Waals surface area contributed by atoms with Crippen molar-refractivity contribution in [3.63, 3.8) is 0 Å². The van der Waals surface area contributed by atoms with Gasteiger partial charge in [-0.05, 0) is 11.6 Å². The largest absolute Gasteiger partial charge is 0.481 e. The maximum atomic E-state index is 12.6. The maximum Gasteiger partial charge on any atom is 0.421 e. The van der Waals surface area contributed by atoms with E-state index in [2.05, 4.69) is 9.72 Å². The molecule has 0 aliphatic rings. The Bertz CT molecular complexity index is 366. The first-order valence-electron chi connectivity index (χ1n) is 4.62. The monoisotopic (exact) mass is 235 g/mol. The lowest BCUT2D eigenvalue weighted by molar-refractivity contribution is -0.139. The molecule has 1 atom stereocenters. The normalized spacial score (nSPS) is 13.6. The Morgan fingerprint density at radius 1 is 1.50 bits per heavy atom. The highest BCUT2D eigenvalue weighted by atomic mass is 19.4. The third kappa shape index (κ3) is 2.63. The molecule has 1 heterocycles. The third-order valence-corrected chi connectivity index (χ3v) is 2.21. The van der Waals surface area contributed by atoms with E-state index in [1.54, 1.807) is 6.92 Å². The zero-order chi connectivity index (χ0) is 12.3. The molecule has 1 aromatic heterocycles. The average molecular weight is 235 g/mol. The van der Waals surface area contributed by atoms with Crippen LogP contribution in [0.15, 0.2) is 12.3 Å². The maximum absolute atomic E-state index is 12.6. The first-order valence-corrected chi connectivity index (χ1v) is 4.62. The summed E-state index contributed by atoms with van der Waals surface area (Å²) in [6.07, 6.45) is -3.24. The van der Waals surface area contributed by atoms with Gasteiger partial charge in [0.1, 0.15) is 5.56 Å².